The Balaban J connectivity index is 1.96. The van der Waals surface area contributed by atoms with Crippen LogP contribution >= 0.6 is 0 Å². The van der Waals surface area contributed by atoms with Crippen molar-refractivity contribution in [2.24, 2.45) is 5.73 Å². The summed E-state index contributed by atoms with van der Waals surface area (Å²) in [6, 6.07) is 10.4. The SMILES string of the molecule is NCC1(Nc2nccc3ccccc23)CCCCC1. The van der Waals surface area contributed by atoms with E-state index in [-0.39, 0.29) is 5.54 Å². The molecule has 1 saturated carbocycles. The largest absolute Gasteiger partial charge is 0.363 e. The summed E-state index contributed by atoms with van der Waals surface area (Å²) in [7, 11) is 0. The molecule has 1 aliphatic rings. The standard InChI is InChI=1S/C16H21N3/c17-12-16(9-4-1-5-10-16)19-15-14-7-3-2-6-13(14)8-11-18-15/h2-3,6-8,11H,1,4-5,9-10,12,17H2,(H,18,19). The number of aromatic nitrogens is 1. The van der Waals surface area contributed by atoms with E-state index in [0.29, 0.717) is 6.54 Å². The van der Waals surface area contributed by atoms with Crippen LogP contribution in [0.2, 0.25) is 0 Å². The maximum absolute atomic E-state index is 6.04. The highest BCUT2D eigenvalue weighted by Gasteiger charge is 2.31. The van der Waals surface area contributed by atoms with Crippen LogP contribution in [0.1, 0.15) is 32.1 Å². The van der Waals surface area contributed by atoms with Crippen LogP contribution in [-0.4, -0.2) is 17.1 Å². The summed E-state index contributed by atoms with van der Waals surface area (Å²) >= 11 is 0. The van der Waals surface area contributed by atoms with E-state index in [1.165, 1.54) is 30.0 Å². The van der Waals surface area contributed by atoms with Crippen molar-refractivity contribution in [3.63, 3.8) is 0 Å². The molecule has 3 heteroatoms. The Morgan fingerprint density at radius 1 is 1.11 bits per heavy atom. The first-order chi connectivity index (χ1) is 9.33. The molecule has 1 fully saturated rings. The van der Waals surface area contributed by atoms with Crippen molar-refractivity contribution in [3.05, 3.63) is 36.5 Å². The predicted octanol–water partition coefficient (Wildman–Crippen LogP) is 3.31. The lowest BCUT2D eigenvalue weighted by atomic mass is 9.81. The van der Waals surface area contributed by atoms with E-state index in [0.717, 1.165) is 18.7 Å². The van der Waals surface area contributed by atoms with E-state index in [1.807, 2.05) is 6.20 Å². The number of hydrogen-bond donors (Lipinski definition) is 2. The van der Waals surface area contributed by atoms with E-state index in [9.17, 15) is 0 Å². The first-order valence-electron chi connectivity index (χ1n) is 7.15. The molecule has 100 valence electrons. The van der Waals surface area contributed by atoms with E-state index in [4.69, 9.17) is 5.73 Å². The van der Waals surface area contributed by atoms with Gasteiger partial charge in [-0.3, -0.25) is 0 Å². The van der Waals surface area contributed by atoms with Gasteiger partial charge in [-0.05, 0) is 24.3 Å². The minimum absolute atomic E-state index is 0.0371. The summed E-state index contributed by atoms with van der Waals surface area (Å²) in [5.41, 5.74) is 6.08. The summed E-state index contributed by atoms with van der Waals surface area (Å²) in [6.45, 7) is 0.678. The maximum atomic E-state index is 6.04. The fourth-order valence-corrected chi connectivity index (χ4v) is 3.08. The molecule has 0 aliphatic heterocycles. The molecular weight excluding hydrogens is 234 g/mol. The third kappa shape index (κ3) is 2.43. The molecule has 1 heterocycles. The molecule has 0 bridgehead atoms. The van der Waals surface area contributed by atoms with Crippen molar-refractivity contribution in [2.75, 3.05) is 11.9 Å². The van der Waals surface area contributed by atoms with Crippen molar-refractivity contribution in [3.8, 4) is 0 Å². The van der Waals surface area contributed by atoms with Crippen molar-refractivity contribution in [1.82, 2.24) is 4.98 Å². The fourth-order valence-electron chi connectivity index (χ4n) is 3.08. The molecule has 0 radical (unpaired) electrons. The van der Waals surface area contributed by atoms with E-state index in [2.05, 4.69) is 40.6 Å². The van der Waals surface area contributed by atoms with Gasteiger partial charge in [-0.1, -0.05) is 43.5 Å². The Labute approximate surface area is 114 Å². The number of hydrogen-bond acceptors (Lipinski definition) is 3. The maximum Gasteiger partial charge on any atom is 0.134 e. The van der Waals surface area contributed by atoms with Crippen LogP contribution in [0.25, 0.3) is 10.8 Å². The molecule has 0 spiro atoms. The van der Waals surface area contributed by atoms with Gasteiger partial charge >= 0.3 is 0 Å². The Hall–Kier alpha value is -1.61. The molecular formula is C16H21N3. The zero-order valence-corrected chi connectivity index (χ0v) is 11.2. The second-order valence-corrected chi connectivity index (χ2v) is 5.55. The minimum Gasteiger partial charge on any atom is -0.363 e. The van der Waals surface area contributed by atoms with Gasteiger partial charge in [0.2, 0.25) is 0 Å². The van der Waals surface area contributed by atoms with Gasteiger partial charge in [-0.15, -0.1) is 0 Å². The molecule has 19 heavy (non-hydrogen) atoms. The van der Waals surface area contributed by atoms with Gasteiger partial charge in [0.15, 0.2) is 0 Å². The normalized spacial score (nSPS) is 18.4. The quantitative estimate of drug-likeness (QED) is 0.884. The lowest BCUT2D eigenvalue weighted by Gasteiger charge is -2.37. The number of nitrogens with zero attached hydrogens (tertiary/aromatic N) is 1. The Bertz CT molecular complexity index is 553. The molecule has 3 rings (SSSR count). The van der Waals surface area contributed by atoms with Crippen molar-refractivity contribution in [1.29, 1.82) is 0 Å². The summed E-state index contributed by atoms with van der Waals surface area (Å²) in [4.78, 5) is 4.53. The Morgan fingerprint density at radius 3 is 2.68 bits per heavy atom. The van der Waals surface area contributed by atoms with Crippen LogP contribution in [0.5, 0.6) is 0 Å². The highest BCUT2D eigenvalue weighted by atomic mass is 15.1. The van der Waals surface area contributed by atoms with Gasteiger partial charge in [0.25, 0.3) is 0 Å². The number of fused-ring (bicyclic) bond motifs is 1. The number of rotatable bonds is 3. The van der Waals surface area contributed by atoms with E-state index < -0.39 is 0 Å². The van der Waals surface area contributed by atoms with Crippen LogP contribution in [0.4, 0.5) is 5.82 Å². The lowest BCUT2D eigenvalue weighted by molar-refractivity contribution is 0.330. The average Bonchev–Trinajstić information content (AvgIpc) is 2.49. The number of anilines is 1. The second kappa shape index (κ2) is 5.17. The van der Waals surface area contributed by atoms with Crippen molar-refractivity contribution < 1.29 is 0 Å². The number of benzene rings is 1. The van der Waals surface area contributed by atoms with Gasteiger partial charge in [-0.25, -0.2) is 4.98 Å². The first-order valence-corrected chi connectivity index (χ1v) is 7.15. The van der Waals surface area contributed by atoms with Gasteiger partial charge in [0.05, 0.1) is 5.54 Å². The molecule has 2 aromatic rings. The van der Waals surface area contributed by atoms with Crippen LogP contribution in [-0.2, 0) is 0 Å². The highest BCUT2D eigenvalue weighted by Crippen LogP contribution is 2.32. The van der Waals surface area contributed by atoms with Crippen molar-refractivity contribution in [2.45, 2.75) is 37.6 Å². The molecule has 3 nitrogen and oxygen atoms in total. The molecule has 1 aliphatic carbocycles. The second-order valence-electron chi connectivity index (χ2n) is 5.55. The third-order valence-electron chi connectivity index (χ3n) is 4.26. The topological polar surface area (TPSA) is 50.9 Å². The van der Waals surface area contributed by atoms with Crippen LogP contribution < -0.4 is 11.1 Å². The molecule has 0 atom stereocenters. The zero-order valence-electron chi connectivity index (χ0n) is 11.2. The fraction of sp³-hybridized carbons (Fsp3) is 0.438. The molecule has 1 aromatic heterocycles. The molecule has 3 N–H and O–H groups in total. The minimum atomic E-state index is 0.0371. The Morgan fingerprint density at radius 2 is 1.89 bits per heavy atom. The van der Waals surface area contributed by atoms with Crippen LogP contribution in [0, 0.1) is 0 Å². The zero-order chi connectivity index (χ0) is 13.1. The predicted molar refractivity (Wildman–Crippen MR) is 80.2 cm³/mol. The van der Waals surface area contributed by atoms with Crippen LogP contribution in [0.3, 0.4) is 0 Å². The molecule has 0 unspecified atom stereocenters. The molecule has 0 amide bonds. The van der Waals surface area contributed by atoms with E-state index >= 15 is 0 Å². The monoisotopic (exact) mass is 255 g/mol. The lowest BCUT2D eigenvalue weighted by Crippen LogP contribution is -2.47. The first kappa shape index (κ1) is 12.4. The summed E-state index contributed by atoms with van der Waals surface area (Å²) < 4.78 is 0. The van der Waals surface area contributed by atoms with Gasteiger partial charge in [0.1, 0.15) is 5.82 Å². The number of nitrogens with one attached hydrogen (secondary N) is 1. The third-order valence-corrected chi connectivity index (χ3v) is 4.26. The summed E-state index contributed by atoms with van der Waals surface area (Å²) in [6.07, 6.45) is 8.01. The number of nitrogens with two attached hydrogens (primary N) is 1. The Kier molecular flexibility index (Phi) is 3.38. The highest BCUT2D eigenvalue weighted by molar-refractivity contribution is 5.91. The van der Waals surface area contributed by atoms with Crippen molar-refractivity contribution >= 4 is 16.6 Å². The summed E-state index contributed by atoms with van der Waals surface area (Å²) in [5.74, 6) is 0.977. The van der Waals surface area contributed by atoms with Crippen LogP contribution in [0.15, 0.2) is 36.5 Å². The number of pyridine rings is 1. The smallest absolute Gasteiger partial charge is 0.134 e. The van der Waals surface area contributed by atoms with E-state index in [1.54, 1.807) is 0 Å². The molecule has 0 saturated heterocycles. The average molecular weight is 255 g/mol. The van der Waals surface area contributed by atoms with Gasteiger partial charge in [-0.2, -0.15) is 0 Å². The summed E-state index contributed by atoms with van der Waals surface area (Å²) in [5, 5.41) is 6.06. The van der Waals surface area contributed by atoms with Gasteiger partial charge in [0, 0.05) is 18.1 Å². The molecule has 1 aromatic carbocycles. The van der Waals surface area contributed by atoms with Gasteiger partial charge < -0.3 is 11.1 Å².